The third-order valence-corrected chi connectivity index (χ3v) is 6.13. The molecule has 2 heteroatoms. The summed E-state index contributed by atoms with van der Waals surface area (Å²) in [4.78, 5) is 0. The lowest BCUT2D eigenvalue weighted by atomic mass is 9.75. The Labute approximate surface area is 174 Å². The van der Waals surface area contributed by atoms with Gasteiger partial charge in [0.1, 0.15) is 11.5 Å². The van der Waals surface area contributed by atoms with E-state index in [1.165, 1.54) is 11.1 Å². The second-order valence-electron chi connectivity index (χ2n) is 7.79. The smallest absolute Gasteiger partial charge is 0.127 e. The molecule has 0 spiro atoms. The molecule has 0 bridgehead atoms. The minimum absolute atomic E-state index is 0.148. The molecule has 1 nitrogen and oxygen atoms in total. The zero-order chi connectivity index (χ0) is 20.0. The van der Waals surface area contributed by atoms with E-state index < -0.39 is 0 Å². The third-order valence-electron chi connectivity index (χ3n) is 5.72. The molecule has 0 radical (unpaired) electrons. The first kappa shape index (κ1) is 20.5. The summed E-state index contributed by atoms with van der Waals surface area (Å²) in [6.07, 6.45) is 4.40. The number of benzene rings is 3. The Bertz CT molecular complexity index is 903. The van der Waals surface area contributed by atoms with Crippen molar-refractivity contribution in [2.24, 2.45) is 0 Å². The van der Waals surface area contributed by atoms with E-state index in [0.29, 0.717) is 0 Å². The molecule has 0 heterocycles. The molecule has 0 aliphatic carbocycles. The maximum atomic E-state index is 6.38. The minimum Gasteiger partial charge on any atom is -0.457 e. The lowest BCUT2D eigenvalue weighted by molar-refractivity contribution is 0.405. The summed E-state index contributed by atoms with van der Waals surface area (Å²) in [7, 11) is 0. The minimum atomic E-state index is 0.148. The molecule has 0 aromatic heterocycles. The van der Waals surface area contributed by atoms with Crippen molar-refractivity contribution in [3.05, 3.63) is 94.5 Å². The normalized spacial score (nSPS) is 13.1. The van der Waals surface area contributed by atoms with E-state index in [0.717, 1.165) is 47.8 Å². The zero-order valence-corrected chi connectivity index (χ0v) is 17.8. The number of rotatable bonds is 8. The number of para-hydroxylation sites is 1. The van der Waals surface area contributed by atoms with Crippen LogP contribution in [0.1, 0.15) is 49.8 Å². The predicted octanol–water partition coefficient (Wildman–Crippen LogP) is 8.13. The molecular formula is C26H29ClO. The van der Waals surface area contributed by atoms with E-state index in [4.69, 9.17) is 16.3 Å². The van der Waals surface area contributed by atoms with Crippen LogP contribution >= 0.6 is 11.6 Å². The van der Waals surface area contributed by atoms with Crippen LogP contribution in [0.15, 0.2) is 72.8 Å². The van der Waals surface area contributed by atoms with Gasteiger partial charge >= 0.3 is 0 Å². The predicted molar refractivity (Wildman–Crippen MR) is 120 cm³/mol. The van der Waals surface area contributed by atoms with Gasteiger partial charge in [-0.1, -0.05) is 67.9 Å². The molecule has 28 heavy (non-hydrogen) atoms. The van der Waals surface area contributed by atoms with E-state index in [1.54, 1.807) is 0 Å². The highest BCUT2D eigenvalue weighted by Crippen LogP contribution is 2.35. The Balaban J connectivity index is 1.63. The van der Waals surface area contributed by atoms with E-state index >= 15 is 0 Å². The first-order valence-electron chi connectivity index (χ1n) is 10.1. The van der Waals surface area contributed by atoms with Gasteiger partial charge in [0.2, 0.25) is 0 Å². The van der Waals surface area contributed by atoms with E-state index in [-0.39, 0.29) is 5.41 Å². The summed E-state index contributed by atoms with van der Waals surface area (Å²) < 4.78 is 5.97. The molecule has 0 aliphatic rings. The Morgan fingerprint density at radius 3 is 2.36 bits per heavy atom. The lowest BCUT2D eigenvalue weighted by Gasteiger charge is -2.29. The maximum Gasteiger partial charge on any atom is 0.127 e. The van der Waals surface area contributed by atoms with Gasteiger partial charge in [-0.25, -0.2) is 0 Å². The summed E-state index contributed by atoms with van der Waals surface area (Å²) in [5, 5.41) is 0.864. The summed E-state index contributed by atoms with van der Waals surface area (Å²) in [6, 6.07) is 24.9. The molecule has 3 aromatic rings. The second-order valence-corrected chi connectivity index (χ2v) is 8.20. The molecule has 1 atom stereocenters. The van der Waals surface area contributed by atoms with Gasteiger partial charge in [-0.05, 0) is 85.0 Å². The molecule has 0 aliphatic heterocycles. The third kappa shape index (κ3) is 5.17. The lowest BCUT2D eigenvalue weighted by Crippen LogP contribution is -2.21. The summed E-state index contributed by atoms with van der Waals surface area (Å²) >= 11 is 6.38. The molecule has 0 amide bonds. The van der Waals surface area contributed by atoms with E-state index in [2.05, 4.69) is 57.2 Å². The number of aryl methyl sites for hydroxylation is 2. The van der Waals surface area contributed by atoms with Crippen molar-refractivity contribution in [1.82, 2.24) is 0 Å². The first-order chi connectivity index (χ1) is 13.5. The van der Waals surface area contributed by atoms with Crippen molar-refractivity contribution < 1.29 is 4.74 Å². The molecule has 0 saturated heterocycles. The molecule has 3 aromatic carbocycles. The van der Waals surface area contributed by atoms with Crippen LogP contribution in [0.3, 0.4) is 0 Å². The van der Waals surface area contributed by atoms with Crippen LogP contribution in [0.4, 0.5) is 0 Å². The highest BCUT2D eigenvalue weighted by molar-refractivity contribution is 6.31. The van der Waals surface area contributed by atoms with Crippen molar-refractivity contribution in [2.45, 2.75) is 51.9 Å². The molecule has 3 rings (SSSR count). The molecule has 0 fully saturated rings. The Morgan fingerprint density at radius 1 is 0.893 bits per heavy atom. The summed E-state index contributed by atoms with van der Waals surface area (Å²) in [5.41, 5.74) is 3.94. The van der Waals surface area contributed by atoms with Crippen molar-refractivity contribution in [3.8, 4) is 11.5 Å². The van der Waals surface area contributed by atoms with Crippen LogP contribution in [-0.4, -0.2) is 0 Å². The molecule has 1 unspecified atom stereocenters. The summed E-state index contributed by atoms with van der Waals surface area (Å²) in [5.74, 6) is 1.77. The topological polar surface area (TPSA) is 9.23 Å². The fourth-order valence-corrected chi connectivity index (χ4v) is 3.75. The van der Waals surface area contributed by atoms with Crippen LogP contribution in [0.25, 0.3) is 0 Å². The Kier molecular flexibility index (Phi) is 6.80. The highest BCUT2D eigenvalue weighted by Gasteiger charge is 2.24. The fraction of sp³-hybridized carbons (Fsp3) is 0.308. The number of halogens is 1. The standard InChI is InChI=1S/C26H29ClO/c1-4-26(3,22-16-15-20(2)25(27)19-22)17-9-11-21-10-8-14-24(18-21)28-23-12-6-5-7-13-23/h5-8,10,12-16,18-19H,4,9,11,17H2,1-3H3. The molecular weight excluding hydrogens is 364 g/mol. The number of ether oxygens (including phenoxy) is 1. The van der Waals surface area contributed by atoms with Gasteiger partial charge in [0.05, 0.1) is 0 Å². The second kappa shape index (κ2) is 9.30. The van der Waals surface area contributed by atoms with Gasteiger partial charge < -0.3 is 4.74 Å². The van der Waals surface area contributed by atoms with Gasteiger partial charge in [-0.2, -0.15) is 0 Å². The highest BCUT2D eigenvalue weighted by atomic mass is 35.5. The van der Waals surface area contributed by atoms with Crippen LogP contribution in [0.2, 0.25) is 5.02 Å². The average Bonchev–Trinajstić information content (AvgIpc) is 2.71. The fourth-order valence-electron chi connectivity index (χ4n) is 3.57. The Hall–Kier alpha value is -2.25. The zero-order valence-electron chi connectivity index (χ0n) is 17.0. The molecule has 0 N–H and O–H groups in total. The number of hydrogen-bond acceptors (Lipinski definition) is 1. The largest absolute Gasteiger partial charge is 0.457 e. The van der Waals surface area contributed by atoms with E-state index in [9.17, 15) is 0 Å². The maximum absolute atomic E-state index is 6.38. The van der Waals surface area contributed by atoms with Gasteiger partial charge in [0.15, 0.2) is 0 Å². The van der Waals surface area contributed by atoms with Gasteiger partial charge in [0, 0.05) is 5.02 Å². The SMILES string of the molecule is CCC(C)(CCCc1cccc(Oc2ccccc2)c1)c1ccc(C)c(Cl)c1. The van der Waals surface area contributed by atoms with Gasteiger partial charge in [-0.15, -0.1) is 0 Å². The number of hydrogen-bond donors (Lipinski definition) is 0. The summed E-state index contributed by atoms with van der Waals surface area (Å²) in [6.45, 7) is 6.67. The molecule has 0 saturated carbocycles. The molecule has 146 valence electrons. The Morgan fingerprint density at radius 2 is 1.64 bits per heavy atom. The first-order valence-corrected chi connectivity index (χ1v) is 10.5. The monoisotopic (exact) mass is 392 g/mol. The van der Waals surface area contributed by atoms with Crippen LogP contribution < -0.4 is 4.74 Å². The van der Waals surface area contributed by atoms with Crippen LogP contribution in [-0.2, 0) is 11.8 Å². The quantitative estimate of drug-likeness (QED) is 0.376. The van der Waals surface area contributed by atoms with E-state index in [1.807, 2.05) is 36.4 Å². The van der Waals surface area contributed by atoms with Crippen molar-refractivity contribution in [3.63, 3.8) is 0 Å². The van der Waals surface area contributed by atoms with Crippen molar-refractivity contribution in [1.29, 1.82) is 0 Å². The van der Waals surface area contributed by atoms with Gasteiger partial charge in [0.25, 0.3) is 0 Å². The van der Waals surface area contributed by atoms with Crippen molar-refractivity contribution >= 4 is 11.6 Å². The van der Waals surface area contributed by atoms with Crippen LogP contribution in [0, 0.1) is 6.92 Å². The van der Waals surface area contributed by atoms with Crippen LogP contribution in [0.5, 0.6) is 11.5 Å². The average molecular weight is 393 g/mol. The van der Waals surface area contributed by atoms with Crippen molar-refractivity contribution in [2.75, 3.05) is 0 Å². The van der Waals surface area contributed by atoms with Gasteiger partial charge in [-0.3, -0.25) is 0 Å².